The standard InChI is InChI=1S/C18H25F3N2O2/c1-7-23(5)11-22-15-9-16(25-6)14(8-13(15)4)17(24,10-12(2)3)18(19,20)21/h8-11,24H,7H2,1-6H3/b22-11+. The molecule has 0 aliphatic carbocycles. The summed E-state index contributed by atoms with van der Waals surface area (Å²) in [5, 5.41) is 10.4. The van der Waals surface area contributed by atoms with Crippen LogP contribution in [0.25, 0.3) is 0 Å². The lowest BCUT2D eigenvalue weighted by atomic mass is 9.88. The van der Waals surface area contributed by atoms with Crippen molar-refractivity contribution >= 4 is 12.0 Å². The molecule has 0 bridgehead atoms. The largest absolute Gasteiger partial charge is 0.496 e. The number of rotatable bonds is 6. The fourth-order valence-corrected chi connectivity index (χ4v) is 2.26. The number of benzene rings is 1. The SMILES string of the molecule is CCN(C)/C=N/c1cc(OC)c(C(O)(C=C(C)C)C(F)(F)F)cc1C. The zero-order chi connectivity index (χ0) is 19.4. The van der Waals surface area contributed by atoms with Crippen LogP contribution in [0.4, 0.5) is 18.9 Å². The summed E-state index contributed by atoms with van der Waals surface area (Å²) in [7, 11) is 3.10. The lowest BCUT2D eigenvalue weighted by Crippen LogP contribution is -2.41. The van der Waals surface area contributed by atoms with Crippen LogP contribution in [0.5, 0.6) is 5.75 Å². The Kier molecular flexibility index (Phi) is 6.65. The van der Waals surface area contributed by atoms with E-state index in [4.69, 9.17) is 4.74 Å². The summed E-state index contributed by atoms with van der Waals surface area (Å²) in [6.45, 7) is 7.32. The van der Waals surface area contributed by atoms with Gasteiger partial charge in [0, 0.05) is 25.2 Å². The lowest BCUT2D eigenvalue weighted by molar-refractivity contribution is -0.245. The number of aliphatic imine (C=N–C) groups is 1. The van der Waals surface area contributed by atoms with Crippen LogP contribution in [0, 0.1) is 6.92 Å². The van der Waals surface area contributed by atoms with Crippen molar-refractivity contribution in [3.63, 3.8) is 0 Å². The van der Waals surface area contributed by atoms with Crippen LogP contribution in [-0.4, -0.2) is 43.2 Å². The zero-order valence-electron chi connectivity index (χ0n) is 15.4. The molecule has 1 aromatic carbocycles. The number of halogens is 3. The van der Waals surface area contributed by atoms with E-state index in [2.05, 4.69) is 4.99 Å². The van der Waals surface area contributed by atoms with Crippen molar-refractivity contribution in [2.45, 2.75) is 39.5 Å². The van der Waals surface area contributed by atoms with E-state index < -0.39 is 11.8 Å². The maximum atomic E-state index is 13.6. The Morgan fingerprint density at radius 1 is 1.32 bits per heavy atom. The summed E-state index contributed by atoms with van der Waals surface area (Å²) in [5.74, 6) is -0.0748. The Hall–Kier alpha value is -2.02. The summed E-state index contributed by atoms with van der Waals surface area (Å²) >= 11 is 0. The maximum absolute atomic E-state index is 13.6. The molecular weight excluding hydrogens is 333 g/mol. The molecule has 1 N–H and O–H groups in total. The molecule has 1 atom stereocenters. The molecule has 0 spiro atoms. The summed E-state index contributed by atoms with van der Waals surface area (Å²) in [4.78, 5) is 6.10. The van der Waals surface area contributed by atoms with Crippen LogP contribution >= 0.6 is 0 Å². The van der Waals surface area contributed by atoms with Crippen molar-refractivity contribution in [3.05, 3.63) is 34.9 Å². The fraction of sp³-hybridized carbons (Fsp3) is 0.500. The smallest absolute Gasteiger partial charge is 0.425 e. The third-order valence-electron chi connectivity index (χ3n) is 3.75. The molecule has 0 aliphatic heterocycles. The second-order valence-electron chi connectivity index (χ2n) is 6.14. The number of aliphatic hydroxyl groups is 1. The monoisotopic (exact) mass is 358 g/mol. The lowest BCUT2D eigenvalue weighted by Gasteiger charge is -2.30. The van der Waals surface area contributed by atoms with Gasteiger partial charge >= 0.3 is 6.18 Å². The second-order valence-corrected chi connectivity index (χ2v) is 6.14. The molecule has 1 aromatic rings. The van der Waals surface area contributed by atoms with Gasteiger partial charge < -0.3 is 14.7 Å². The summed E-state index contributed by atoms with van der Waals surface area (Å²) in [5.41, 5.74) is -2.18. The predicted molar refractivity (Wildman–Crippen MR) is 93.6 cm³/mol. The van der Waals surface area contributed by atoms with Crippen molar-refractivity contribution in [2.24, 2.45) is 4.99 Å². The first-order chi connectivity index (χ1) is 11.5. The summed E-state index contributed by atoms with van der Waals surface area (Å²) in [6.07, 6.45) is -2.51. The number of hydrogen-bond acceptors (Lipinski definition) is 3. The number of allylic oxidation sites excluding steroid dienone is 1. The van der Waals surface area contributed by atoms with Gasteiger partial charge in [0.25, 0.3) is 0 Å². The highest BCUT2D eigenvalue weighted by atomic mass is 19.4. The van der Waals surface area contributed by atoms with E-state index in [9.17, 15) is 18.3 Å². The van der Waals surface area contributed by atoms with Crippen LogP contribution < -0.4 is 4.74 Å². The van der Waals surface area contributed by atoms with Gasteiger partial charge in [0.2, 0.25) is 5.60 Å². The minimum Gasteiger partial charge on any atom is -0.496 e. The molecule has 0 radical (unpaired) electrons. The number of methoxy groups -OCH3 is 1. The molecule has 0 amide bonds. The number of ether oxygens (including phenoxy) is 1. The van der Waals surface area contributed by atoms with E-state index in [-0.39, 0.29) is 11.3 Å². The first kappa shape index (κ1) is 21.0. The highest BCUT2D eigenvalue weighted by Gasteiger charge is 2.55. The van der Waals surface area contributed by atoms with Gasteiger partial charge in [-0.15, -0.1) is 0 Å². The van der Waals surface area contributed by atoms with Crippen molar-refractivity contribution in [2.75, 3.05) is 20.7 Å². The first-order valence-electron chi connectivity index (χ1n) is 7.85. The average molecular weight is 358 g/mol. The van der Waals surface area contributed by atoms with Crippen LogP contribution in [0.1, 0.15) is 31.9 Å². The molecule has 25 heavy (non-hydrogen) atoms. The third kappa shape index (κ3) is 4.75. The van der Waals surface area contributed by atoms with Gasteiger partial charge in [-0.3, -0.25) is 0 Å². The maximum Gasteiger partial charge on any atom is 0.425 e. The number of hydrogen-bond donors (Lipinski definition) is 1. The molecular formula is C18H25F3N2O2. The Morgan fingerprint density at radius 2 is 1.92 bits per heavy atom. The number of nitrogens with zero attached hydrogens (tertiary/aromatic N) is 2. The van der Waals surface area contributed by atoms with Gasteiger partial charge in [0.05, 0.1) is 19.1 Å². The van der Waals surface area contributed by atoms with Gasteiger partial charge in [-0.25, -0.2) is 4.99 Å². The number of alkyl halides is 3. The van der Waals surface area contributed by atoms with Gasteiger partial charge in [-0.2, -0.15) is 13.2 Å². The topological polar surface area (TPSA) is 45.1 Å². The van der Waals surface area contributed by atoms with E-state index >= 15 is 0 Å². The molecule has 4 nitrogen and oxygen atoms in total. The van der Waals surface area contributed by atoms with Crippen molar-refractivity contribution in [1.82, 2.24) is 4.90 Å². The van der Waals surface area contributed by atoms with Crippen molar-refractivity contribution < 1.29 is 23.0 Å². The minimum absolute atomic E-state index is 0.0748. The van der Waals surface area contributed by atoms with E-state index in [1.54, 1.807) is 13.3 Å². The third-order valence-corrected chi connectivity index (χ3v) is 3.75. The Morgan fingerprint density at radius 3 is 2.36 bits per heavy atom. The van der Waals surface area contributed by atoms with E-state index in [1.165, 1.54) is 33.1 Å². The highest BCUT2D eigenvalue weighted by molar-refractivity contribution is 5.65. The van der Waals surface area contributed by atoms with Crippen LogP contribution in [0.2, 0.25) is 0 Å². The first-order valence-corrected chi connectivity index (χ1v) is 7.85. The van der Waals surface area contributed by atoms with Crippen molar-refractivity contribution in [3.8, 4) is 5.75 Å². The van der Waals surface area contributed by atoms with E-state index in [0.717, 1.165) is 12.6 Å². The molecule has 0 fully saturated rings. The predicted octanol–water partition coefficient (Wildman–Crippen LogP) is 4.33. The van der Waals surface area contributed by atoms with Crippen LogP contribution in [0.15, 0.2) is 28.8 Å². The Bertz CT molecular complexity index is 665. The van der Waals surface area contributed by atoms with Crippen LogP contribution in [0.3, 0.4) is 0 Å². The summed E-state index contributed by atoms with van der Waals surface area (Å²) < 4.78 is 46.0. The number of aryl methyl sites for hydroxylation is 1. The summed E-state index contributed by atoms with van der Waals surface area (Å²) in [6, 6.07) is 2.67. The zero-order valence-corrected chi connectivity index (χ0v) is 15.4. The average Bonchev–Trinajstić information content (AvgIpc) is 2.51. The second kappa shape index (κ2) is 7.91. The Balaban J connectivity index is 3.57. The van der Waals surface area contributed by atoms with Gasteiger partial charge in [0.15, 0.2) is 0 Å². The molecule has 140 valence electrons. The van der Waals surface area contributed by atoms with E-state index in [0.29, 0.717) is 16.8 Å². The minimum atomic E-state index is -4.89. The fourth-order valence-electron chi connectivity index (χ4n) is 2.26. The van der Waals surface area contributed by atoms with Crippen LogP contribution in [-0.2, 0) is 5.60 Å². The molecule has 0 heterocycles. The van der Waals surface area contributed by atoms with Gasteiger partial charge in [0.1, 0.15) is 5.75 Å². The normalized spacial score (nSPS) is 14.3. The molecule has 0 saturated heterocycles. The molecule has 0 aromatic heterocycles. The molecule has 1 unspecified atom stereocenters. The highest BCUT2D eigenvalue weighted by Crippen LogP contribution is 2.46. The molecule has 1 rings (SSSR count). The quantitative estimate of drug-likeness (QED) is 0.468. The van der Waals surface area contributed by atoms with Gasteiger partial charge in [-0.1, -0.05) is 5.57 Å². The van der Waals surface area contributed by atoms with E-state index in [1.807, 2.05) is 18.9 Å². The molecule has 0 aliphatic rings. The molecule has 0 saturated carbocycles. The molecule has 7 heteroatoms. The van der Waals surface area contributed by atoms with Crippen molar-refractivity contribution in [1.29, 1.82) is 0 Å². The Labute approximate surface area is 146 Å². The van der Waals surface area contributed by atoms with Gasteiger partial charge in [-0.05, 0) is 45.4 Å².